The molecular weight excluding hydrogens is 192 g/mol. The van der Waals surface area contributed by atoms with Crippen molar-refractivity contribution in [2.45, 2.75) is 25.9 Å². The van der Waals surface area contributed by atoms with Crippen LogP contribution in [0.5, 0.6) is 0 Å². The minimum atomic E-state index is -3.33. The van der Waals surface area contributed by atoms with Crippen LogP contribution in [0.3, 0.4) is 0 Å². The Hall–Kier alpha value is -0.170. The molecule has 0 fully saturated rings. The van der Waals surface area contributed by atoms with Crippen LogP contribution in [-0.4, -0.2) is 44.6 Å². The van der Waals surface area contributed by atoms with Crippen LogP contribution in [0, 0.1) is 0 Å². The lowest BCUT2D eigenvalue weighted by Gasteiger charge is -2.13. The topological polar surface area (TPSA) is 69.6 Å². The van der Waals surface area contributed by atoms with E-state index in [0.29, 0.717) is 12.8 Å². The molecule has 5 nitrogen and oxygen atoms in total. The second kappa shape index (κ2) is 5.54. The van der Waals surface area contributed by atoms with Crippen molar-refractivity contribution in [1.29, 1.82) is 0 Å². The molecule has 0 radical (unpaired) electrons. The number of rotatable bonds is 6. The maximum absolute atomic E-state index is 11.1. The highest BCUT2D eigenvalue weighted by Crippen LogP contribution is 1.96. The Morgan fingerprint density at radius 1 is 1.46 bits per heavy atom. The number of hydrogen-bond acceptors (Lipinski definition) is 3. The lowest BCUT2D eigenvalue weighted by atomic mass is 10.2. The zero-order chi connectivity index (χ0) is 10.5. The molecule has 2 N–H and O–H groups in total. The van der Waals surface area contributed by atoms with Crippen molar-refractivity contribution < 1.29 is 13.5 Å². The van der Waals surface area contributed by atoms with Crippen LogP contribution in [0.15, 0.2) is 0 Å². The van der Waals surface area contributed by atoms with Gasteiger partial charge in [0.2, 0.25) is 0 Å². The quantitative estimate of drug-likeness (QED) is 0.623. The number of aliphatic hydroxyl groups excluding tert-OH is 1. The highest BCUT2D eigenvalue weighted by molar-refractivity contribution is 7.87. The first-order valence-corrected chi connectivity index (χ1v) is 5.69. The van der Waals surface area contributed by atoms with Crippen molar-refractivity contribution in [3.63, 3.8) is 0 Å². The molecule has 0 heterocycles. The summed E-state index contributed by atoms with van der Waals surface area (Å²) < 4.78 is 25.7. The Morgan fingerprint density at radius 2 is 2.00 bits per heavy atom. The highest BCUT2D eigenvalue weighted by atomic mass is 32.2. The lowest BCUT2D eigenvalue weighted by Crippen LogP contribution is -2.37. The van der Waals surface area contributed by atoms with Crippen LogP contribution < -0.4 is 4.72 Å². The molecule has 0 aliphatic rings. The summed E-state index contributed by atoms with van der Waals surface area (Å²) in [5, 5.41) is 9.14. The zero-order valence-electron chi connectivity index (χ0n) is 8.32. The smallest absolute Gasteiger partial charge is 0.278 e. The van der Waals surface area contributed by atoms with Gasteiger partial charge in [-0.1, -0.05) is 6.92 Å². The van der Waals surface area contributed by atoms with Crippen molar-refractivity contribution in [1.82, 2.24) is 9.03 Å². The van der Waals surface area contributed by atoms with Crippen LogP contribution >= 0.6 is 0 Å². The van der Waals surface area contributed by atoms with Gasteiger partial charge in [0.15, 0.2) is 0 Å². The maximum atomic E-state index is 11.1. The van der Waals surface area contributed by atoms with E-state index in [-0.39, 0.29) is 6.54 Å². The fourth-order valence-corrected chi connectivity index (χ4v) is 1.32. The Kier molecular flexibility index (Phi) is 5.46. The van der Waals surface area contributed by atoms with Gasteiger partial charge >= 0.3 is 0 Å². The number of nitrogens with zero attached hydrogens (tertiary/aromatic N) is 1. The Balaban J connectivity index is 3.78. The van der Waals surface area contributed by atoms with Gasteiger partial charge in [0.1, 0.15) is 0 Å². The van der Waals surface area contributed by atoms with Gasteiger partial charge in [-0.25, -0.2) is 4.72 Å². The average Bonchev–Trinajstić information content (AvgIpc) is 2.03. The molecular formula is C7H18N2O3S. The first-order chi connectivity index (χ1) is 5.90. The summed E-state index contributed by atoms with van der Waals surface area (Å²) in [5.41, 5.74) is 0. The van der Waals surface area contributed by atoms with Gasteiger partial charge in [-0.05, 0) is 12.8 Å². The predicted octanol–water partition coefficient (Wildman–Crippen LogP) is -0.457. The third-order valence-electron chi connectivity index (χ3n) is 1.71. The van der Waals surface area contributed by atoms with Gasteiger partial charge in [-0.3, -0.25) is 0 Å². The maximum Gasteiger partial charge on any atom is 0.278 e. The van der Waals surface area contributed by atoms with Crippen molar-refractivity contribution in [2.24, 2.45) is 0 Å². The molecule has 80 valence electrons. The van der Waals surface area contributed by atoms with E-state index in [1.54, 1.807) is 0 Å². The second-order valence-corrected chi connectivity index (χ2v) is 5.00. The normalized spacial score (nSPS) is 14.8. The first-order valence-electron chi connectivity index (χ1n) is 4.25. The van der Waals surface area contributed by atoms with Crippen LogP contribution in [0.2, 0.25) is 0 Å². The van der Waals surface area contributed by atoms with Crippen molar-refractivity contribution in [2.75, 3.05) is 20.6 Å². The lowest BCUT2D eigenvalue weighted by molar-refractivity contribution is 0.161. The van der Waals surface area contributed by atoms with Gasteiger partial charge in [0.25, 0.3) is 10.2 Å². The minimum Gasteiger partial charge on any atom is -0.393 e. The molecule has 0 amide bonds. The Morgan fingerprint density at radius 3 is 2.38 bits per heavy atom. The zero-order valence-corrected chi connectivity index (χ0v) is 9.13. The molecule has 0 rings (SSSR count). The van der Waals surface area contributed by atoms with Crippen molar-refractivity contribution in [3.05, 3.63) is 0 Å². The summed E-state index contributed by atoms with van der Waals surface area (Å²) in [5.74, 6) is 0. The monoisotopic (exact) mass is 210 g/mol. The van der Waals surface area contributed by atoms with E-state index in [9.17, 15) is 8.42 Å². The molecule has 0 bridgehead atoms. The van der Waals surface area contributed by atoms with Gasteiger partial charge in [0, 0.05) is 20.6 Å². The van der Waals surface area contributed by atoms with Crippen molar-refractivity contribution >= 4 is 10.2 Å². The van der Waals surface area contributed by atoms with Crippen LogP contribution in [0.4, 0.5) is 0 Å². The molecule has 0 aromatic rings. The molecule has 0 saturated heterocycles. The average molecular weight is 210 g/mol. The second-order valence-electron chi connectivity index (χ2n) is 3.03. The number of nitrogens with one attached hydrogen (secondary N) is 1. The fourth-order valence-electron chi connectivity index (χ4n) is 0.688. The van der Waals surface area contributed by atoms with E-state index in [1.165, 1.54) is 14.1 Å². The molecule has 0 aliphatic heterocycles. The highest BCUT2D eigenvalue weighted by Gasteiger charge is 2.12. The summed E-state index contributed by atoms with van der Waals surface area (Å²) in [4.78, 5) is 0. The molecule has 0 aromatic heterocycles. The van der Waals surface area contributed by atoms with Gasteiger partial charge in [0.05, 0.1) is 6.10 Å². The molecule has 0 aliphatic carbocycles. The number of hydrogen-bond donors (Lipinski definition) is 2. The van der Waals surface area contributed by atoms with Gasteiger partial charge in [-0.15, -0.1) is 0 Å². The molecule has 1 unspecified atom stereocenters. The van der Waals surface area contributed by atoms with Crippen LogP contribution in [0.1, 0.15) is 19.8 Å². The SMILES string of the molecule is CCC(O)CCNS(=O)(=O)N(C)C. The summed E-state index contributed by atoms with van der Waals surface area (Å²) in [6.45, 7) is 2.13. The molecule has 1 atom stereocenters. The van der Waals surface area contributed by atoms with E-state index in [0.717, 1.165) is 4.31 Å². The third kappa shape index (κ3) is 5.20. The summed E-state index contributed by atoms with van der Waals surface area (Å²) in [6, 6.07) is 0. The molecule has 0 saturated carbocycles. The first kappa shape index (κ1) is 12.8. The summed E-state index contributed by atoms with van der Waals surface area (Å²) >= 11 is 0. The van der Waals surface area contributed by atoms with Crippen molar-refractivity contribution in [3.8, 4) is 0 Å². The van der Waals surface area contributed by atoms with Crippen LogP contribution in [0.25, 0.3) is 0 Å². The van der Waals surface area contributed by atoms with E-state index in [1.807, 2.05) is 6.92 Å². The molecule has 0 aromatic carbocycles. The largest absolute Gasteiger partial charge is 0.393 e. The standard InChI is InChI=1S/C7H18N2O3S/c1-4-7(10)5-6-8-13(11,12)9(2)3/h7-8,10H,4-6H2,1-3H3. The Labute approximate surface area is 79.9 Å². The molecule has 0 spiro atoms. The predicted molar refractivity (Wildman–Crippen MR) is 51.5 cm³/mol. The van der Waals surface area contributed by atoms with E-state index in [2.05, 4.69) is 4.72 Å². The van der Waals surface area contributed by atoms with E-state index < -0.39 is 16.3 Å². The minimum absolute atomic E-state index is 0.273. The van der Waals surface area contributed by atoms with Gasteiger partial charge < -0.3 is 5.11 Å². The fraction of sp³-hybridized carbons (Fsp3) is 1.00. The van der Waals surface area contributed by atoms with Crippen LogP contribution in [-0.2, 0) is 10.2 Å². The third-order valence-corrected chi connectivity index (χ3v) is 3.24. The molecule has 6 heteroatoms. The van der Waals surface area contributed by atoms with E-state index in [4.69, 9.17) is 5.11 Å². The number of aliphatic hydroxyl groups is 1. The van der Waals surface area contributed by atoms with E-state index >= 15 is 0 Å². The van der Waals surface area contributed by atoms with Gasteiger partial charge in [-0.2, -0.15) is 12.7 Å². The molecule has 13 heavy (non-hydrogen) atoms. The summed E-state index contributed by atoms with van der Waals surface area (Å²) in [7, 11) is -0.416. The summed E-state index contributed by atoms with van der Waals surface area (Å²) in [6.07, 6.45) is 0.664. The Bertz CT molecular complexity index is 226.